The molecule has 2 N–H and O–H groups in total. The predicted octanol–water partition coefficient (Wildman–Crippen LogP) is 3.40. The molecule has 1 aromatic carbocycles. The molecule has 1 aliphatic heterocycles. The van der Waals surface area contributed by atoms with Crippen LogP contribution in [0.2, 0.25) is 0 Å². The van der Waals surface area contributed by atoms with Crippen molar-refractivity contribution in [3.8, 4) is 0 Å². The average Bonchev–Trinajstić information content (AvgIpc) is 3.17. The summed E-state index contributed by atoms with van der Waals surface area (Å²) in [7, 11) is -3.62. The van der Waals surface area contributed by atoms with Crippen molar-refractivity contribution in [2.75, 3.05) is 17.7 Å². The van der Waals surface area contributed by atoms with Crippen LogP contribution in [0, 0.1) is 5.92 Å². The first-order valence-electron chi connectivity index (χ1n) is 11.5. The topological polar surface area (TPSA) is 121 Å². The van der Waals surface area contributed by atoms with Crippen LogP contribution in [0.15, 0.2) is 23.2 Å². The van der Waals surface area contributed by atoms with Gasteiger partial charge < -0.3 is 19.7 Å². The minimum atomic E-state index is -4.78. The summed E-state index contributed by atoms with van der Waals surface area (Å²) in [5.74, 6) is 0.293. The van der Waals surface area contributed by atoms with E-state index in [4.69, 9.17) is 4.98 Å². The van der Waals surface area contributed by atoms with E-state index in [0.29, 0.717) is 23.4 Å². The lowest BCUT2D eigenvalue weighted by molar-refractivity contribution is -0.142. The summed E-state index contributed by atoms with van der Waals surface area (Å²) < 4.78 is 67.9. The molecule has 0 spiro atoms. The number of aromatic nitrogens is 4. The van der Waals surface area contributed by atoms with E-state index in [1.165, 1.54) is 12.1 Å². The number of benzene rings is 1. The zero-order chi connectivity index (χ0) is 26.6. The number of aliphatic hydroxyl groups is 2. The second-order valence-electron chi connectivity index (χ2n) is 9.28. The van der Waals surface area contributed by atoms with E-state index in [1.807, 2.05) is 18.4 Å². The number of imidazole rings is 1. The molecule has 13 heteroatoms. The Hall–Kier alpha value is -2.77. The summed E-state index contributed by atoms with van der Waals surface area (Å²) in [6.07, 6.45) is -3.94. The molecule has 0 saturated carbocycles. The minimum Gasteiger partial charge on any atom is -0.392 e. The molecule has 1 aliphatic rings. The molecule has 2 aromatic heterocycles. The van der Waals surface area contributed by atoms with E-state index in [0.717, 1.165) is 12.5 Å². The highest BCUT2D eigenvalue weighted by atomic mass is 32.2. The van der Waals surface area contributed by atoms with Gasteiger partial charge in [0, 0.05) is 31.1 Å². The molecule has 0 aliphatic carbocycles. The predicted molar refractivity (Wildman–Crippen MR) is 126 cm³/mol. The van der Waals surface area contributed by atoms with Gasteiger partial charge in [-0.1, -0.05) is 20.8 Å². The standard InChI is InChI=1S/C23H28F3N5O4S/c1-5-17(33)14-10-27-22(29-20(14)23(24,25)26)31-7-6-30-16-9-18(36(4,34)35)13(11-32)8-15(16)28-21(30)19(31)12(2)3/h8-10,12,17,19,32-33H,5-7,11H2,1-4H3/t17-,19+/m0/s1. The van der Waals surface area contributed by atoms with Gasteiger partial charge in [-0.05, 0) is 30.0 Å². The average molecular weight is 528 g/mol. The van der Waals surface area contributed by atoms with E-state index in [1.54, 1.807) is 11.8 Å². The third kappa shape index (κ3) is 4.55. The quantitative estimate of drug-likeness (QED) is 0.500. The van der Waals surface area contributed by atoms with Gasteiger partial charge in [0.1, 0.15) is 5.82 Å². The summed E-state index contributed by atoms with van der Waals surface area (Å²) in [4.78, 5) is 14.4. The van der Waals surface area contributed by atoms with E-state index < -0.39 is 40.5 Å². The smallest absolute Gasteiger partial charge is 0.392 e. The van der Waals surface area contributed by atoms with E-state index in [2.05, 4.69) is 9.97 Å². The van der Waals surface area contributed by atoms with Crippen molar-refractivity contribution in [2.45, 2.75) is 63.6 Å². The molecule has 4 rings (SSSR count). The van der Waals surface area contributed by atoms with Gasteiger partial charge in [0.05, 0.1) is 34.7 Å². The number of nitrogens with zero attached hydrogens (tertiary/aromatic N) is 5. The van der Waals surface area contributed by atoms with Crippen LogP contribution < -0.4 is 4.90 Å². The number of sulfone groups is 1. The normalized spacial score (nSPS) is 17.6. The Morgan fingerprint density at radius 1 is 1.19 bits per heavy atom. The highest BCUT2D eigenvalue weighted by molar-refractivity contribution is 7.90. The lowest BCUT2D eigenvalue weighted by Crippen LogP contribution is -2.42. The number of alkyl halides is 3. The van der Waals surface area contributed by atoms with Crippen LogP contribution in [0.25, 0.3) is 11.0 Å². The van der Waals surface area contributed by atoms with Gasteiger partial charge in [-0.25, -0.2) is 23.4 Å². The van der Waals surface area contributed by atoms with Gasteiger partial charge in [0.25, 0.3) is 0 Å². The van der Waals surface area contributed by atoms with Gasteiger partial charge >= 0.3 is 6.18 Å². The maximum atomic E-state index is 13.8. The van der Waals surface area contributed by atoms with Gasteiger partial charge in [0.2, 0.25) is 5.95 Å². The molecular weight excluding hydrogens is 499 g/mol. The number of fused-ring (bicyclic) bond motifs is 3. The van der Waals surface area contributed by atoms with E-state index in [9.17, 15) is 31.8 Å². The molecule has 0 fully saturated rings. The number of aliphatic hydroxyl groups excluding tert-OH is 2. The zero-order valence-corrected chi connectivity index (χ0v) is 21.1. The molecule has 0 unspecified atom stereocenters. The summed E-state index contributed by atoms with van der Waals surface area (Å²) in [6, 6.07) is 2.50. The molecule has 0 bridgehead atoms. The third-order valence-electron chi connectivity index (χ3n) is 6.40. The largest absolute Gasteiger partial charge is 0.433 e. The second-order valence-corrected chi connectivity index (χ2v) is 11.3. The van der Waals surface area contributed by atoms with Gasteiger partial charge in [-0.3, -0.25) is 0 Å². The molecule has 9 nitrogen and oxygen atoms in total. The Morgan fingerprint density at radius 2 is 1.89 bits per heavy atom. The van der Waals surface area contributed by atoms with Crippen LogP contribution >= 0.6 is 0 Å². The van der Waals surface area contributed by atoms with Crippen LogP contribution in [0.1, 0.15) is 62.0 Å². The van der Waals surface area contributed by atoms with Crippen molar-refractivity contribution in [3.63, 3.8) is 0 Å². The highest BCUT2D eigenvalue weighted by Gasteiger charge is 2.40. The number of hydrogen-bond donors (Lipinski definition) is 2. The maximum Gasteiger partial charge on any atom is 0.433 e. The van der Waals surface area contributed by atoms with Crippen LogP contribution in [0.5, 0.6) is 0 Å². The fourth-order valence-corrected chi connectivity index (χ4v) is 5.65. The van der Waals surface area contributed by atoms with Crippen molar-refractivity contribution in [2.24, 2.45) is 5.92 Å². The summed E-state index contributed by atoms with van der Waals surface area (Å²) in [5.41, 5.74) is -0.280. The monoisotopic (exact) mass is 527 g/mol. The zero-order valence-electron chi connectivity index (χ0n) is 20.3. The fraction of sp³-hybridized carbons (Fsp3) is 0.522. The first kappa shape index (κ1) is 26.3. The molecule has 3 aromatic rings. The lowest BCUT2D eigenvalue weighted by atomic mass is 10.00. The highest BCUT2D eigenvalue weighted by Crippen LogP contribution is 2.39. The van der Waals surface area contributed by atoms with Crippen LogP contribution in [0.4, 0.5) is 19.1 Å². The number of anilines is 1. The Morgan fingerprint density at radius 3 is 2.44 bits per heavy atom. The number of hydrogen-bond acceptors (Lipinski definition) is 8. The molecule has 0 amide bonds. The molecule has 2 atom stereocenters. The van der Waals surface area contributed by atoms with Crippen LogP contribution in [-0.2, 0) is 29.2 Å². The molecule has 3 heterocycles. The van der Waals surface area contributed by atoms with E-state index >= 15 is 0 Å². The fourth-order valence-electron chi connectivity index (χ4n) is 4.72. The molecule has 0 saturated heterocycles. The second kappa shape index (κ2) is 9.27. The Labute approximate surface area is 206 Å². The summed E-state index contributed by atoms with van der Waals surface area (Å²) >= 11 is 0. The van der Waals surface area contributed by atoms with Gasteiger partial charge in [-0.15, -0.1) is 0 Å². The summed E-state index contributed by atoms with van der Waals surface area (Å²) in [5, 5.41) is 19.8. The molecule has 196 valence electrons. The summed E-state index contributed by atoms with van der Waals surface area (Å²) in [6.45, 7) is 5.44. The Balaban J connectivity index is 1.87. The first-order chi connectivity index (χ1) is 16.8. The van der Waals surface area contributed by atoms with Crippen molar-refractivity contribution in [1.82, 2.24) is 19.5 Å². The molecule has 0 radical (unpaired) electrons. The van der Waals surface area contributed by atoms with Crippen molar-refractivity contribution < 1.29 is 31.8 Å². The molecule has 36 heavy (non-hydrogen) atoms. The van der Waals surface area contributed by atoms with Gasteiger partial charge in [0.15, 0.2) is 15.5 Å². The Bertz CT molecular complexity index is 1400. The van der Waals surface area contributed by atoms with Crippen LogP contribution in [-0.4, -0.2) is 51.0 Å². The van der Waals surface area contributed by atoms with Crippen molar-refractivity contribution >= 4 is 26.8 Å². The first-order valence-corrected chi connectivity index (χ1v) is 13.4. The maximum absolute atomic E-state index is 13.8. The lowest BCUT2D eigenvalue weighted by Gasteiger charge is -2.38. The van der Waals surface area contributed by atoms with Crippen LogP contribution in [0.3, 0.4) is 0 Å². The van der Waals surface area contributed by atoms with Crippen molar-refractivity contribution in [1.29, 1.82) is 0 Å². The van der Waals surface area contributed by atoms with E-state index in [-0.39, 0.29) is 40.9 Å². The molecular formula is C23H28F3N5O4S. The van der Waals surface area contributed by atoms with Crippen molar-refractivity contribution in [3.05, 3.63) is 41.0 Å². The number of rotatable bonds is 6. The van der Waals surface area contributed by atoms with Gasteiger partial charge in [-0.2, -0.15) is 13.2 Å². The SMILES string of the molecule is CC[C@H](O)c1cnc(N2CCn3c(nc4cc(CO)c(S(C)(=O)=O)cc43)[C@H]2C(C)C)nc1C(F)(F)F. The Kier molecular flexibility index (Phi) is 6.77. The third-order valence-corrected chi connectivity index (χ3v) is 7.58. The minimum absolute atomic E-state index is 0.00643. The number of halogens is 3.